The van der Waals surface area contributed by atoms with Crippen LogP contribution in [0.15, 0.2) is 23.2 Å². The van der Waals surface area contributed by atoms with Gasteiger partial charge in [0.05, 0.1) is 12.6 Å². The third kappa shape index (κ3) is 3.66. The zero-order valence-corrected chi connectivity index (χ0v) is 11.4. The number of hydrogen-bond donors (Lipinski definition) is 2. The molecular weight excluding hydrogens is 264 g/mol. The highest BCUT2D eigenvalue weighted by atomic mass is 19.1. The van der Waals surface area contributed by atoms with Crippen molar-refractivity contribution in [2.75, 3.05) is 19.6 Å². The van der Waals surface area contributed by atoms with Gasteiger partial charge in [0, 0.05) is 25.2 Å². The number of aliphatic imine (C=N–C) groups is 1. The van der Waals surface area contributed by atoms with Crippen LogP contribution in [0.1, 0.15) is 18.9 Å². The first-order valence-electron chi connectivity index (χ1n) is 6.75. The number of guanidine groups is 1. The van der Waals surface area contributed by atoms with Crippen LogP contribution in [0, 0.1) is 11.6 Å². The van der Waals surface area contributed by atoms with E-state index < -0.39 is 11.6 Å². The molecule has 1 aliphatic rings. The van der Waals surface area contributed by atoms with Crippen LogP contribution in [-0.4, -0.2) is 41.7 Å². The molecule has 6 heteroatoms. The van der Waals surface area contributed by atoms with Crippen molar-refractivity contribution in [3.63, 3.8) is 0 Å². The van der Waals surface area contributed by atoms with Gasteiger partial charge in [0.15, 0.2) is 5.96 Å². The minimum absolute atomic E-state index is 0.0680. The molecule has 1 aromatic carbocycles. The summed E-state index contributed by atoms with van der Waals surface area (Å²) in [5.41, 5.74) is 0.222. The number of β-amino-alcohol motifs (C(OH)–C–C–N with tert-alkyl or cyclic N) is 1. The number of aliphatic hydroxyl groups excluding tert-OH is 1. The summed E-state index contributed by atoms with van der Waals surface area (Å²) < 4.78 is 26.6. The Morgan fingerprint density at radius 1 is 1.50 bits per heavy atom. The number of nitrogens with one attached hydrogen (secondary N) is 1. The SMILES string of the molecule is CCNC(=NCc1cc(F)ccc1F)N1CC[C@@H](O)C1. The molecule has 0 bridgehead atoms. The molecule has 0 aliphatic carbocycles. The first-order valence-corrected chi connectivity index (χ1v) is 6.75. The van der Waals surface area contributed by atoms with Crippen LogP contribution in [-0.2, 0) is 6.54 Å². The number of rotatable bonds is 3. The average molecular weight is 283 g/mol. The molecule has 0 aromatic heterocycles. The normalized spacial score (nSPS) is 19.5. The lowest BCUT2D eigenvalue weighted by molar-refractivity contribution is 0.188. The van der Waals surface area contributed by atoms with Crippen molar-refractivity contribution >= 4 is 5.96 Å². The summed E-state index contributed by atoms with van der Waals surface area (Å²) in [6.45, 7) is 3.90. The maximum atomic E-state index is 13.5. The number of benzene rings is 1. The molecule has 0 spiro atoms. The van der Waals surface area contributed by atoms with E-state index in [1.54, 1.807) is 0 Å². The Morgan fingerprint density at radius 2 is 2.30 bits per heavy atom. The molecule has 20 heavy (non-hydrogen) atoms. The van der Waals surface area contributed by atoms with E-state index in [-0.39, 0.29) is 18.2 Å². The quantitative estimate of drug-likeness (QED) is 0.653. The fraction of sp³-hybridized carbons (Fsp3) is 0.500. The van der Waals surface area contributed by atoms with Crippen molar-refractivity contribution in [2.45, 2.75) is 26.0 Å². The zero-order chi connectivity index (χ0) is 14.5. The topological polar surface area (TPSA) is 47.9 Å². The van der Waals surface area contributed by atoms with Crippen molar-refractivity contribution in [3.8, 4) is 0 Å². The summed E-state index contributed by atoms with van der Waals surface area (Å²) in [5.74, 6) is -0.321. The van der Waals surface area contributed by atoms with Gasteiger partial charge >= 0.3 is 0 Å². The van der Waals surface area contributed by atoms with Gasteiger partial charge in [-0.05, 0) is 31.5 Å². The molecule has 0 radical (unpaired) electrons. The van der Waals surface area contributed by atoms with Gasteiger partial charge < -0.3 is 15.3 Å². The van der Waals surface area contributed by atoms with Crippen LogP contribution in [0.25, 0.3) is 0 Å². The van der Waals surface area contributed by atoms with E-state index >= 15 is 0 Å². The lowest BCUT2D eigenvalue weighted by Crippen LogP contribution is -2.40. The molecular formula is C14H19F2N3O. The van der Waals surface area contributed by atoms with Crippen molar-refractivity contribution < 1.29 is 13.9 Å². The molecule has 2 rings (SSSR count). The standard InChI is InChI=1S/C14H19F2N3O/c1-2-17-14(19-6-5-12(20)9-19)18-8-10-7-11(15)3-4-13(10)16/h3-4,7,12,20H,2,5-6,8-9H2,1H3,(H,17,18)/t12-/m1/s1. The van der Waals surface area contributed by atoms with Crippen molar-refractivity contribution in [1.82, 2.24) is 10.2 Å². The summed E-state index contributed by atoms with van der Waals surface area (Å²) in [5, 5.41) is 12.6. The van der Waals surface area contributed by atoms with E-state index in [9.17, 15) is 13.9 Å². The van der Waals surface area contributed by atoms with E-state index in [0.29, 0.717) is 32.0 Å². The van der Waals surface area contributed by atoms with Gasteiger partial charge in [-0.2, -0.15) is 0 Å². The Balaban J connectivity index is 2.10. The smallest absolute Gasteiger partial charge is 0.194 e. The van der Waals surface area contributed by atoms with Gasteiger partial charge in [0.1, 0.15) is 11.6 Å². The minimum atomic E-state index is -0.474. The fourth-order valence-electron chi connectivity index (χ4n) is 2.18. The predicted octanol–water partition coefficient (Wildman–Crippen LogP) is 1.50. The number of halogens is 2. The van der Waals surface area contributed by atoms with Gasteiger partial charge in [-0.1, -0.05) is 0 Å². The van der Waals surface area contributed by atoms with Crippen molar-refractivity contribution in [2.24, 2.45) is 4.99 Å². The van der Waals surface area contributed by atoms with E-state index in [1.807, 2.05) is 11.8 Å². The van der Waals surface area contributed by atoms with Crippen LogP contribution >= 0.6 is 0 Å². The first-order chi connectivity index (χ1) is 9.60. The van der Waals surface area contributed by atoms with Gasteiger partial charge in [-0.15, -0.1) is 0 Å². The molecule has 1 atom stereocenters. The highest BCUT2D eigenvalue weighted by Crippen LogP contribution is 2.13. The summed E-state index contributed by atoms with van der Waals surface area (Å²) in [6.07, 6.45) is 0.336. The maximum Gasteiger partial charge on any atom is 0.194 e. The van der Waals surface area contributed by atoms with Gasteiger partial charge in [-0.25, -0.2) is 13.8 Å². The van der Waals surface area contributed by atoms with E-state index in [2.05, 4.69) is 10.3 Å². The summed E-state index contributed by atoms with van der Waals surface area (Å²) >= 11 is 0. The van der Waals surface area contributed by atoms with Crippen LogP contribution in [0.4, 0.5) is 8.78 Å². The summed E-state index contributed by atoms with van der Waals surface area (Å²) in [7, 11) is 0. The molecule has 1 aromatic rings. The largest absolute Gasteiger partial charge is 0.391 e. The second kappa shape index (κ2) is 6.65. The Labute approximate surface area is 117 Å². The van der Waals surface area contributed by atoms with Crippen LogP contribution in [0.5, 0.6) is 0 Å². The molecule has 4 nitrogen and oxygen atoms in total. The third-order valence-corrected chi connectivity index (χ3v) is 3.20. The lowest BCUT2D eigenvalue weighted by atomic mass is 10.2. The molecule has 2 N–H and O–H groups in total. The number of hydrogen-bond acceptors (Lipinski definition) is 2. The van der Waals surface area contributed by atoms with Crippen molar-refractivity contribution in [3.05, 3.63) is 35.4 Å². The Morgan fingerprint density at radius 3 is 2.95 bits per heavy atom. The Hall–Kier alpha value is -1.69. The van der Waals surface area contributed by atoms with Gasteiger partial charge in [-0.3, -0.25) is 0 Å². The van der Waals surface area contributed by atoms with Gasteiger partial charge in [0.25, 0.3) is 0 Å². The molecule has 0 amide bonds. The molecule has 1 saturated heterocycles. The number of aliphatic hydroxyl groups is 1. The third-order valence-electron chi connectivity index (χ3n) is 3.20. The highest BCUT2D eigenvalue weighted by molar-refractivity contribution is 5.80. The van der Waals surface area contributed by atoms with Crippen LogP contribution < -0.4 is 5.32 Å². The van der Waals surface area contributed by atoms with Crippen molar-refractivity contribution in [1.29, 1.82) is 0 Å². The second-order valence-electron chi connectivity index (χ2n) is 4.79. The van der Waals surface area contributed by atoms with Crippen LogP contribution in [0.3, 0.4) is 0 Å². The Kier molecular flexibility index (Phi) is 4.89. The van der Waals surface area contributed by atoms with Gasteiger partial charge in [0.2, 0.25) is 0 Å². The maximum absolute atomic E-state index is 13.5. The van der Waals surface area contributed by atoms with E-state index in [1.165, 1.54) is 0 Å². The minimum Gasteiger partial charge on any atom is -0.391 e. The summed E-state index contributed by atoms with van der Waals surface area (Å²) in [6, 6.07) is 3.35. The number of likely N-dealkylation sites (tertiary alicyclic amines) is 1. The zero-order valence-electron chi connectivity index (χ0n) is 11.4. The van der Waals surface area contributed by atoms with Crippen LogP contribution in [0.2, 0.25) is 0 Å². The molecule has 1 aliphatic heterocycles. The average Bonchev–Trinajstić information content (AvgIpc) is 2.84. The lowest BCUT2D eigenvalue weighted by Gasteiger charge is -2.21. The molecule has 1 fully saturated rings. The molecule has 1 heterocycles. The monoisotopic (exact) mass is 283 g/mol. The first kappa shape index (κ1) is 14.7. The van der Waals surface area contributed by atoms with E-state index in [0.717, 1.165) is 18.2 Å². The highest BCUT2D eigenvalue weighted by Gasteiger charge is 2.22. The number of nitrogens with zero attached hydrogens (tertiary/aromatic N) is 2. The summed E-state index contributed by atoms with van der Waals surface area (Å²) in [4.78, 5) is 6.24. The molecule has 0 unspecified atom stereocenters. The fourth-order valence-corrected chi connectivity index (χ4v) is 2.18. The molecule has 110 valence electrons. The van der Waals surface area contributed by atoms with E-state index in [4.69, 9.17) is 0 Å². The molecule has 0 saturated carbocycles. The Bertz CT molecular complexity index is 493. The predicted molar refractivity (Wildman–Crippen MR) is 73.4 cm³/mol. The second-order valence-corrected chi connectivity index (χ2v) is 4.79.